The Balaban J connectivity index is 1.39. The molecule has 3 heterocycles. The average Bonchev–Trinajstić information content (AvgIpc) is 3.34. The van der Waals surface area contributed by atoms with Gasteiger partial charge in [0.15, 0.2) is 0 Å². The Hall–Kier alpha value is -4.00. The summed E-state index contributed by atoms with van der Waals surface area (Å²) in [5, 5.41) is 4.09. The van der Waals surface area contributed by atoms with E-state index < -0.39 is 0 Å². The van der Waals surface area contributed by atoms with Crippen molar-refractivity contribution in [2.45, 2.75) is 6.92 Å². The molecule has 0 aliphatic carbocycles. The molecule has 29 heavy (non-hydrogen) atoms. The third kappa shape index (κ3) is 3.23. The van der Waals surface area contributed by atoms with Crippen LogP contribution in [0, 0.1) is 6.92 Å². The van der Waals surface area contributed by atoms with E-state index in [1.165, 1.54) is 0 Å². The van der Waals surface area contributed by atoms with Gasteiger partial charge in [0.2, 0.25) is 11.7 Å². The SMILES string of the molecule is Cc1nc2cc(-c3nc(-c4ccc(Oc5ccccc5)nc4)no3)ccc2n1C. The lowest BCUT2D eigenvalue weighted by atomic mass is 10.2. The molecule has 2 aromatic carbocycles. The van der Waals surface area contributed by atoms with E-state index in [4.69, 9.17) is 9.26 Å². The average molecular weight is 383 g/mol. The van der Waals surface area contributed by atoms with Gasteiger partial charge >= 0.3 is 0 Å². The smallest absolute Gasteiger partial charge is 0.258 e. The zero-order valence-electron chi connectivity index (χ0n) is 15.9. The summed E-state index contributed by atoms with van der Waals surface area (Å²) in [4.78, 5) is 13.4. The summed E-state index contributed by atoms with van der Waals surface area (Å²) in [5.41, 5.74) is 3.53. The summed E-state index contributed by atoms with van der Waals surface area (Å²) in [7, 11) is 1.99. The zero-order chi connectivity index (χ0) is 19.8. The monoisotopic (exact) mass is 383 g/mol. The molecule has 0 amide bonds. The van der Waals surface area contributed by atoms with Crippen LogP contribution in [0.4, 0.5) is 0 Å². The minimum absolute atomic E-state index is 0.440. The van der Waals surface area contributed by atoms with Crippen LogP contribution in [-0.4, -0.2) is 24.7 Å². The van der Waals surface area contributed by atoms with Gasteiger partial charge in [0, 0.05) is 30.4 Å². The zero-order valence-corrected chi connectivity index (χ0v) is 15.9. The highest BCUT2D eigenvalue weighted by Crippen LogP contribution is 2.26. The van der Waals surface area contributed by atoms with E-state index in [1.807, 2.05) is 73.1 Å². The minimum atomic E-state index is 0.440. The lowest BCUT2D eigenvalue weighted by Crippen LogP contribution is -1.89. The number of nitrogens with zero attached hydrogens (tertiary/aromatic N) is 5. The summed E-state index contributed by atoms with van der Waals surface area (Å²) in [6.45, 7) is 1.97. The Morgan fingerprint density at radius 2 is 1.76 bits per heavy atom. The van der Waals surface area contributed by atoms with E-state index in [0.29, 0.717) is 17.6 Å². The van der Waals surface area contributed by atoms with E-state index in [1.54, 1.807) is 12.3 Å². The summed E-state index contributed by atoms with van der Waals surface area (Å²) in [6, 6.07) is 19.1. The maximum Gasteiger partial charge on any atom is 0.258 e. The van der Waals surface area contributed by atoms with Crippen LogP contribution in [0.25, 0.3) is 33.9 Å². The van der Waals surface area contributed by atoms with Crippen molar-refractivity contribution in [2.75, 3.05) is 0 Å². The number of hydrogen-bond acceptors (Lipinski definition) is 6. The van der Waals surface area contributed by atoms with E-state index in [0.717, 1.165) is 33.7 Å². The fraction of sp³-hybridized carbons (Fsp3) is 0.0909. The molecule has 7 heteroatoms. The van der Waals surface area contributed by atoms with Crippen molar-refractivity contribution >= 4 is 11.0 Å². The Morgan fingerprint density at radius 3 is 2.55 bits per heavy atom. The molecule has 142 valence electrons. The van der Waals surface area contributed by atoms with Gasteiger partial charge in [-0.15, -0.1) is 0 Å². The number of aromatic nitrogens is 5. The van der Waals surface area contributed by atoms with Crippen LogP contribution in [0.15, 0.2) is 71.4 Å². The van der Waals surface area contributed by atoms with Gasteiger partial charge in [0.05, 0.1) is 11.0 Å². The van der Waals surface area contributed by atoms with E-state index >= 15 is 0 Å². The first-order valence-corrected chi connectivity index (χ1v) is 9.14. The number of rotatable bonds is 4. The first kappa shape index (κ1) is 17.1. The molecule has 0 N–H and O–H groups in total. The molecule has 0 aliphatic rings. The standard InChI is InChI=1S/C22H17N5O2/c1-14-24-18-12-15(8-10-19(18)27(14)2)22-25-21(26-29-22)16-9-11-20(23-13-16)28-17-6-4-3-5-7-17/h3-13H,1-2H3. The van der Waals surface area contributed by atoms with Crippen LogP contribution in [0.1, 0.15) is 5.82 Å². The highest BCUT2D eigenvalue weighted by Gasteiger charge is 2.13. The second-order valence-electron chi connectivity index (χ2n) is 6.64. The van der Waals surface area contributed by atoms with Crippen LogP contribution in [-0.2, 0) is 7.05 Å². The predicted octanol–water partition coefficient (Wildman–Crippen LogP) is 4.79. The predicted molar refractivity (Wildman–Crippen MR) is 108 cm³/mol. The summed E-state index contributed by atoms with van der Waals surface area (Å²) >= 11 is 0. The molecule has 0 spiro atoms. The number of pyridine rings is 1. The van der Waals surface area contributed by atoms with Crippen molar-refractivity contribution in [1.82, 2.24) is 24.7 Å². The molecular formula is C22H17N5O2. The van der Waals surface area contributed by atoms with Crippen molar-refractivity contribution in [1.29, 1.82) is 0 Å². The molecular weight excluding hydrogens is 366 g/mol. The topological polar surface area (TPSA) is 78.9 Å². The van der Waals surface area contributed by atoms with Gasteiger partial charge in [0.1, 0.15) is 11.6 Å². The van der Waals surface area contributed by atoms with Crippen molar-refractivity contribution in [3.63, 3.8) is 0 Å². The minimum Gasteiger partial charge on any atom is -0.439 e. The van der Waals surface area contributed by atoms with Crippen molar-refractivity contribution in [3.8, 4) is 34.5 Å². The van der Waals surface area contributed by atoms with Crippen LogP contribution in [0.2, 0.25) is 0 Å². The molecule has 0 saturated carbocycles. The highest BCUT2D eigenvalue weighted by molar-refractivity contribution is 5.81. The highest BCUT2D eigenvalue weighted by atomic mass is 16.5. The fourth-order valence-corrected chi connectivity index (χ4v) is 3.09. The first-order valence-electron chi connectivity index (χ1n) is 9.14. The number of ether oxygens (including phenoxy) is 1. The third-order valence-corrected chi connectivity index (χ3v) is 4.74. The molecule has 3 aromatic heterocycles. The maximum atomic E-state index is 5.71. The number of para-hydroxylation sites is 1. The van der Waals surface area contributed by atoms with E-state index in [2.05, 4.69) is 20.1 Å². The summed E-state index contributed by atoms with van der Waals surface area (Å²) in [5.74, 6) is 3.09. The summed E-state index contributed by atoms with van der Waals surface area (Å²) < 4.78 is 13.2. The second kappa shape index (κ2) is 6.87. The normalized spacial score (nSPS) is 11.1. The van der Waals surface area contributed by atoms with Gasteiger partial charge in [-0.05, 0) is 43.3 Å². The quantitative estimate of drug-likeness (QED) is 0.444. The van der Waals surface area contributed by atoms with Gasteiger partial charge in [-0.25, -0.2) is 9.97 Å². The number of benzene rings is 2. The van der Waals surface area contributed by atoms with E-state index in [-0.39, 0.29) is 0 Å². The van der Waals surface area contributed by atoms with Gasteiger partial charge in [-0.3, -0.25) is 0 Å². The van der Waals surface area contributed by atoms with Crippen molar-refractivity contribution in [2.24, 2.45) is 7.05 Å². The Bertz CT molecular complexity index is 1290. The number of fused-ring (bicyclic) bond motifs is 1. The van der Waals surface area contributed by atoms with Crippen LogP contribution in [0.5, 0.6) is 11.6 Å². The number of imidazole rings is 1. The largest absolute Gasteiger partial charge is 0.439 e. The third-order valence-electron chi connectivity index (χ3n) is 4.74. The van der Waals surface area contributed by atoms with Crippen LogP contribution >= 0.6 is 0 Å². The van der Waals surface area contributed by atoms with Gasteiger partial charge in [-0.1, -0.05) is 23.4 Å². The van der Waals surface area contributed by atoms with Gasteiger partial charge in [-0.2, -0.15) is 4.98 Å². The van der Waals surface area contributed by atoms with Gasteiger partial charge in [0.25, 0.3) is 5.89 Å². The van der Waals surface area contributed by atoms with Crippen LogP contribution in [0.3, 0.4) is 0 Å². The molecule has 5 rings (SSSR count). The Morgan fingerprint density at radius 1 is 0.931 bits per heavy atom. The molecule has 0 bridgehead atoms. The van der Waals surface area contributed by atoms with Crippen molar-refractivity contribution < 1.29 is 9.26 Å². The van der Waals surface area contributed by atoms with Crippen LogP contribution < -0.4 is 4.74 Å². The molecule has 5 aromatic rings. The molecule has 0 aliphatic heterocycles. The molecule has 7 nitrogen and oxygen atoms in total. The Kier molecular flexibility index (Phi) is 4.05. The van der Waals surface area contributed by atoms with Gasteiger partial charge < -0.3 is 13.8 Å². The molecule has 0 saturated heterocycles. The van der Waals surface area contributed by atoms with E-state index in [9.17, 15) is 0 Å². The fourth-order valence-electron chi connectivity index (χ4n) is 3.09. The summed E-state index contributed by atoms with van der Waals surface area (Å²) in [6.07, 6.45) is 1.66. The Labute approximate surface area is 166 Å². The second-order valence-corrected chi connectivity index (χ2v) is 6.64. The van der Waals surface area contributed by atoms with Crippen molar-refractivity contribution in [3.05, 3.63) is 72.7 Å². The lowest BCUT2D eigenvalue weighted by molar-refractivity contribution is 0.432. The first-order chi connectivity index (χ1) is 14.2. The molecule has 0 unspecified atom stereocenters. The molecule has 0 fully saturated rings. The molecule has 0 atom stereocenters. The maximum absolute atomic E-state index is 5.71. The number of aryl methyl sites for hydroxylation is 2. The lowest BCUT2D eigenvalue weighted by Gasteiger charge is -2.04. The number of hydrogen-bond donors (Lipinski definition) is 0. The molecule has 0 radical (unpaired) electrons.